The average molecular weight is 309 g/mol. The maximum absolute atomic E-state index is 12.0. The van der Waals surface area contributed by atoms with Crippen LogP contribution in [0.15, 0.2) is 18.2 Å². The molecule has 2 rings (SSSR count). The highest BCUT2D eigenvalue weighted by atomic mass is 35.5. The number of halogens is 2. The summed E-state index contributed by atoms with van der Waals surface area (Å²) < 4.78 is 26.4. The van der Waals surface area contributed by atoms with Gasteiger partial charge in [0.1, 0.15) is 0 Å². The van der Waals surface area contributed by atoms with Gasteiger partial charge in [-0.3, -0.25) is 4.72 Å². The van der Waals surface area contributed by atoms with Gasteiger partial charge < -0.3 is 5.32 Å². The third-order valence-corrected chi connectivity index (χ3v) is 4.71. The predicted molar refractivity (Wildman–Crippen MR) is 74.9 cm³/mol. The van der Waals surface area contributed by atoms with Gasteiger partial charge in [0, 0.05) is 11.1 Å². The Kier molecular flexibility index (Phi) is 4.37. The highest BCUT2D eigenvalue weighted by molar-refractivity contribution is 7.92. The van der Waals surface area contributed by atoms with Crippen molar-refractivity contribution >= 4 is 38.9 Å². The minimum Gasteiger partial charge on any atom is -0.313 e. The summed E-state index contributed by atoms with van der Waals surface area (Å²) in [5.74, 6) is 0.0514. The van der Waals surface area contributed by atoms with E-state index in [-0.39, 0.29) is 11.8 Å². The molecule has 0 aromatic heterocycles. The van der Waals surface area contributed by atoms with Crippen molar-refractivity contribution in [2.45, 2.75) is 18.9 Å². The van der Waals surface area contributed by atoms with Gasteiger partial charge in [0.15, 0.2) is 0 Å². The lowest BCUT2D eigenvalue weighted by molar-refractivity contribution is 0.582. The lowest BCUT2D eigenvalue weighted by atomic mass is 10.3. The van der Waals surface area contributed by atoms with Gasteiger partial charge in [0.25, 0.3) is 0 Å². The van der Waals surface area contributed by atoms with Crippen LogP contribution in [-0.2, 0) is 10.0 Å². The molecule has 18 heavy (non-hydrogen) atoms. The van der Waals surface area contributed by atoms with Crippen molar-refractivity contribution in [2.24, 2.45) is 0 Å². The normalized spacial score (nSPS) is 20.0. The summed E-state index contributed by atoms with van der Waals surface area (Å²) in [6.45, 7) is 0.873. The van der Waals surface area contributed by atoms with Crippen molar-refractivity contribution in [3.63, 3.8) is 0 Å². The molecule has 1 aliphatic rings. The zero-order valence-corrected chi connectivity index (χ0v) is 11.9. The fourth-order valence-electron chi connectivity index (χ4n) is 1.95. The summed E-state index contributed by atoms with van der Waals surface area (Å²) in [6.07, 6.45) is 1.89. The predicted octanol–water partition coefficient (Wildman–Crippen LogP) is 2.49. The average Bonchev–Trinajstić information content (AvgIpc) is 2.75. The van der Waals surface area contributed by atoms with Crippen molar-refractivity contribution in [3.8, 4) is 0 Å². The van der Waals surface area contributed by atoms with Crippen molar-refractivity contribution in [3.05, 3.63) is 28.2 Å². The first-order chi connectivity index (χ1) is 8.46. The molecule has 1 heterocycles. The number of hydrogen-bond acceptors (Lipinski definition) is 3. The van der Waals surface area contributed by atoms with Crippen LogP contribution in [0.25, 0.3) is 0 Å². The molecule has 4 nitrogen and oxygen atoms in total. The van der Waals surface area contributed by atoms with Gasteiger partial charge in [-0.1, -0.05) is 23.2 Å². The van der Waals surface area contributed by atoms with Crippen molar-refractivity contribution in [2.75, 3.05) is 17.0 Å². The van der Waals surface area contributed by atoms with Crippen LogP contribution in [0, 0.1) is 0 Å². The van der Waals surface area contributed by atoms with E-state index in [1.807, 2.05) is 0 Å². The number of hydrogen-bond donors (Lipinski definition) is 2. The van der Waals surface area contributed by atoms with Crippen molar-refractivity contribution in [1.82, 2.24) is 5.32 Å². The molecule has 1 atom stereocenters. The zero-order valence-electron chi connectivity index (χ0n) is 9.62. The molecule has 1 fully saturated rings. The van der Waals surface area contributed by atoms with E-state index in [2.05, 4.69) is 10.0 Å². The number of anilines is 1. The maximum atomic E-state index is 12.0. The summed E-state index contributed by atoms with van der Waals surface area (Å²) in [7, 11) is -3.41. The van der Waals surface area contributed by atoms with E-state index in [1.54, 1.807) is 12.1 Å². The Morgan fingerprint density at radius 3 is 2.83 bits per heavy atom. The molecule has 0 bridgehead atoms. The Labute approximate surface area is 117 Å². The van der Waals surface area contributed by atoms with Crippen LogP contribution in [-0.4, -0.2) is 26.8 Å². The van der Waals surface area contributed by atoms with Gasteiger partial charge in [0.05, 0.1) is 16.5 Å². The monoisotopic (exact) mass is 308 g/mol. The Morgan fingerprint density at radius 2 is 2.17 bits per heavy atom. The van der Waals surface area contributed by atoms with Crippen LogP contribution in [0.3, 0.4) is 0 Å². The Hall–Kier alpha value is -0.490. The van der Waals surface area contributed by atoms with Gasteiger partial charge in [-0.2, -0.15) is 0 Å². The molecule has 7 heteroatoms. The molecule has 1 saturated heterocycles. The van der Waals surface area contributed by atoms with Crippen LogP contribution in [0.4, 0.5) is 5.69 Å². The molecule has 1 unspecified atom stereocenters. The topological polar surface area (TPSA) is 58.2 Å². The van der Waals surface area contributed by atoms with Crippen molar-refractivity contribution < 1.29 is 8.42 Å². The van der Waals surface area contributed by atoms with Gasteiger partial charge >= 0.3 is 0 Å². The smallest absolute Gasteiger partial charge is 0.234 e. The van der Waals surface area contributed by atoms with Crippen LogP contribution in [0.5, 0.6) is 0 Å². The van der Waals surface area contributed by atoms with Crippen LogP contribution >= 0.6 is 23.2 Å². The fourth-order valence-corrected chi connectivity index (χ4v) is 3.74. The van der Waals surface area contributed by atoms with E-state index in [0.29, 0.717) is 15.7 Å². The molecular weight excluding hydrogens is 295 g/mol. The number of sulfonamides is 1. The van der Waals surface area contributed by atoms with Crippen molar-refractivity contribution in [1.29, 1.82) is 0 Å². The van der Waals surface area contributed by atoms with E-state index in [9.17, 15) is 8.42 Å². The first-order valence-electron chi connectivity index (χ1n) is 5.65. The molecule has 1 aromatic carbocycles. The second-order valence-corrected chi connectivity index (χ2v) is 6.91. The third kappa shape index (κ3) is 3.75. The Bertz CT molecular complexity index is 528. The highest BCUT2D eigenvalue weighted by Crippen LogP contribution is 2.26. The highest BCUT2D eigenvalue weighted by Gasteiger charge is 2.22. The second-order valence-electron chi connectivity index (χ2n) is 4.30. The van der Waals surface area contributed by atoms with Crippen LogP contribution in [0.1, 0.15) is 12.8 Å². The first kappa shape index (κ1) is 13.9. The molecule has 0 aliphatic carbocycles. The maximum Gasteiger partial charge on any atom is 0.234 e. The molecule has 0 amide bonds. The van der Waals surface area contributed by atoms with E-state index in [1.165, 1.54) is 6.07 Å². The van der Waals surface area contributed by atoms with Gasteiger partial charge in [-0.15, -0.1) is 0 Å². The molecule has 1 aromatic rings. The summed E-state index contributed by atoms with van der Waals surface area (Å²) >= 11 is 11.7. The quantitative estimate of drug-likeness (QED) is 0.898. The molecule has 100 valence electrons. The Balaban J connectivity index is 2.09. The Morgan fingerprint density at radius 1 is 1.39 bits per heavy atom. The molecule has 1 aliphatic heterocycles. The fraction of sp³-hybridized carbons (Fsp3) is 0.455. The largest absolute Gasteiger partial charge is 0.313 e. The summed E-state index contributed by atoms with van der Waals surface area (Å²) in [5, 5.41) is 3.92. The molecule has 2 N–H and O–H groups in total. The van der Waals surface area contributed by atoms with E-state index in [0.717, 1.165) is 19.4 Å². The summed E-state index contributed by atoms with van der Waals surface area (Å²) in [4.78, 5) is 0. The standard InChI is InChI=1S/C11H14Cl2N2O2S/c12-8-3-4-10(13)11(6-8)15-18(16,17)7-9-2-1-5-14-9/h3-4,6,9,14-15H,1-2,5,7H2. The lowest BCUT2D eigenvalue weighted by Crippen LogP contribution is -2.32. The van der Waals surface area contributed by atoms with E-state index >= 15 is 0 Å². The minimum absolute atomic E-state index is 0.0143. The first-order valence-corrected chi connectivity index (χ1v) is 8.06. The third-order valence-electron chi connectivity index (χ3n) is 2.78. The lowest BCUT2D eigenvalue weighted by Gasteiger charge is -2.13. The number of benzene rings is 1. The second kappa shape index (κ2) is 5.65. The van der Waals surface area contributed by atoms with E-state index in [4.69, 9.17) is 23.2 Å². The van der Waals surface area contributed by atoms with Gasteiger partial charge in [0.2, 0.25) is 10.0 Å². The zero-order chi connectivity index (χ0) is 13.2. The summed E-state index contributed by atoms with van der Waals surface area (Å²) in [6, 6.07) is 4.69. The number of nitrogens with one attached hydrogen (secondary N) is 2. The van der Waals surface area contributed by atoms with Gasteiger partial charge in [-0.05, 0) is 37.6 Å². The van der Waals surface area contributed by atoms with Gasteiger partial charge in [-0.25, -0.2) is 8.42 Å². The van der Waals surface area contributed by atoms with Crippen LogP contribution < -0.4 is 10.0 Å². The van der Waals surface area contributed by atoms with E-state index < -0.39 is 10.0 Å². The minimum atomic E-state index is -3.41. The number of rotatable bonds is 4. The molecule has 0 spiro atoms. The SMILES string of the molecule is O=S(=O)(CC1CCCN1)Nc1cc(Cl)ccc1Cl. The summed E-state index contributed by atoms with van der Waals surface area (Å²) in [5.41, 5.74) is 0.321. The molecule has 0 saturated carbocycles. The molecule has 0 radical (unpaired) electrons. The van der Waals surface area contributed by atoms with Crippen LogP contribution in [0.2, 0.25) is 10.0 Å². The molecular formula is C11H14Cl2N2O2S.